The highest BCUT2D eigenvalue weighted by molar-refractivity contribution is 5.87. The zero-order chi connectivity index (χ0) is 16.9. The van der Waals surface area contributed by atoms with Crippen molar-refractivity contribution in [3.8, 4) is 5.75 Å². The number of hydrogen-bond acceptors (Lipinski definition) is 3. The zero-order valence-corrected chi connectivity index (χ0v) is 14.3. The summed E-state index contributed by atoms with van der Waals surface area (Å²) in [4.78, 5) is 22.5. The van der Waals surface area contributed by atoms with E-state index in [2.05, 4.69) is 13.8 Å². The first-order chi connectivity index (χ1) is 11.1. The van der Waals surface area contributed by atoms with E-state index in [1.807, 2.05) is 6.08 Å². The van der Waals surface area contributed by atoms with Gasteiger partial charge < -0.3 is 4.74 Å². The van der Waals surface area contributed by atoms with E-state index in [0.717, 1.165) is 18.8 Å². The number of esters is 1. The summed E-state index contributed by atoms with van der Waals surface area (Å²) in [6.45, 7) is 4.52. The summed E-state index contributed by atoms with van der Waals surface area (Å²) < 4.78 is 5.16. The van der Waals surface area contributed by atoms with Gasteiger partial charge in [-0.05, 0) is 30.9 Å². The lowest BCUT2D eigenvalue weighted by Gasteiger charge is -2.04. The molecule has 1 rings (SSSR count). The summed E-state index contributed by atoms with van der Waals surface area (Å²) in [6.07, 6.45) is 12.3. The molecule has 1 aromatic rings. The molecule has 126 valence electrons. The summed E-state index contributed by atoms with van der Waals surface area (Å²) in [7, 11) is 0. The van der Waals surface area contributed by atoms with E-state index in [-0.39, 0.29) is 0 Å². The first-order valence-corrected chi connectivity index (χ1v) is 8.56. The number of aldehydes is 1. The molecule has 3 nitrogen and oxygen atoms in total. The van der Waals surface area contributed by atoms with Gasteiger partial charge in [0.1, 0.15) is 5.75 Å². The quantitative estimate of drug-likeness (QED) is 0.182. The minimum Gasteiger partial charge on any atom is -0.423 e. The van der Waals surface area contributed by atoms with E-state index in [4.69, 9.17) is 4.74 Å². The molecule has 0 amide bonds. The van der Waals surface area contributed by atoms with Crippen LogP contribution in [0, 0.1) is 5.92 Å². The van der Waals surface area contributed by atoms with Gasteiger partial charge in [0, 0.05) is 6.08 Å². The highest BCUT2D eigenvalue weighted by Crippen LogP contribution is 2.16. The van der Waals surface area contributed by atoms with Crippen molar-refractivity contribution >= 4 is 12.3 Å². The summed E-state index contributed by atoms with van der Waals surface area (Å²) in [5, 5.41) is 0. The van der Waals surface area contributed by atoms with Crippen molar-refractivity contribution in [2.24, 2.45) is 5.92 Å². The van der Waals surface area contributed by atoms with Crippen molar-refractivity contribution in [2.75, 3.05) is 0 Å². The van der Waals surface area contributed by atoms with Crippen LogP contribution in [-0.2, 0) is 4.79 Å². The molecular formula is C20H28O3. The molecule has 3 heteroatoms. The van der Waals surface area contributed by atoms with Gasteiger partial charge in [0.25, 0.3) is 0 Å². The number of ether oxygens (including phenoxy) is 1. The van der Waals surface area contributed by atoms with Gasteiger partial charge in [0.05, 0.1) is 5.56 Å². The van der Waals surface area contributed by atoms with Gasteiger partial charge in [-0.15, -0.1) is 0 Å². The first-order valence-electron chi connectivity index (χ1n) is 8.56. The molecule has 0 aliphatic rings. The highest BCUT2D eigenvalue weighted by atomic mass is 16.5. The van der Waals surface area contributed by atoms with Gasteiger partial charge in [-0.25, -0.2) is 4.79 Å². The Kier molecular flexibility index (Phi) is 9.69. The Morgan fingerprint density at radius 1 is 1.09 bits per heavy atom. The molecule has 0 bridgehead atoms. The van der Waals surface area contributed by atoms with Crippen molar-refractivity contribution in [2.45, 2.75) is 58.8 Å². The van der Waals surface area contributed by atoms with Crippen LogP contribution in [0.3, 0.4) is 0 Å². The van der Waals surface area contributed by atoms with Gasteiger partial charge in [0.2, 0.25) is 0 Å². The third-order valence-corrected chi connectivity index (χ3v) is 3.66. The predicted molar refractivity (Wildman–Crippen MR) is 93.8 cm³/mol. The van der Waals surface area contributed by atoms with E-state index in [9.17, 15) is 9.59 Å². The fourth-order valence-electron chi connectivity index (χ4n) is 2.34. The second-order valence-corrected chi connectivity index (χ2v) is 6.22. The average molecular weight is 316 g/mol. The number of carbonyl (C=O) groups is 2. The van der Waals surface area contributed by atoms with Crippen molar-refractivity contribution < 1.29 is 14.3 Å². The van der Waals surface area contributed by atoms with E-state index in [1.165, 1.54) is 38.2 Å². The van der Waals surface area contributed by atoms with Crippen LogP contribution >= 0.6 is 0 Å². The van der Waals surface area contributed by atoms with Gasteiger partial charge in [-0.2, -0.15) is 0 Å². The van der Waals surface area contributed by atoms with E-state index >= 15 is 0 Å². The Labute approximate surface area is 139 Å². The zero-order valence-electron chi connectivity index (χ0n) is 14.3. The number of benzene rings is 1. The van der Waals surface area contributed by atoms with Crippen LogP contribution in [0.25, 0.3) is 0 Å². The van der Waals surface area contributed by atoms with Crippen LogP contribution in [0.1, 0.15) is 69.2 Å². The number of carbonyl (C=O) groups excluding carboxylic acids is 2. The van der Waals surface area contributed by atoms with Crippen LogP contribution in [0.4, 0.5) is 0 Å². The third-order valence-electron chi connectivity index (χ3n) is 3.66. The van der Waals surface area contributed by atoms with Crippen LogP contribution in [-0.4, -0.2) is 12.3 Å². The molecule has 0 aliphatic carbocycles. The molecule has 0 unspecified atom stereocenters. The monoisotopic (exact) mass is 316 g/mol. The van der Waals surface area contributed by atoms with Crippen molar-refractivity contribution in [3.63, 3.8) is 0 Å². The smallest absolute Gasteiger partial charge is 0.335 e. The second-order valence-electron chi connectivity index (χ2n) is 6.22. The molecule has 0 radical (unpaired) electrons. The molecule has 23 heavy (non-hydrogen) atoms. The standard InChI is InChI=1S/C20H28O3/c1-17(2)12-8-6-4-3-5-7-9-15-20(22)23-19-14-11-10-13-18(19)16-21/h9-11,13-17H,3-8,12H2,1-2H3/b15-9+. The number of unbranched alkanes of at least 4 members (excludes halogenated alkanes) is 5. The fraction of sp³-hybridized carbons (Fsp3) is 0.500. The summed E-state index contributed by atoms with van der Waals surface area (Å²) >= 11 is 0. The molecule has 1 aromatic carbocycles. The summed E-state index contributed by atoms with van der Waals surface area (Å²) in [5.74, 6) is 0.673. The molecule has 0 aliphatic heterocycles. The molecule has 0 heterocycles. The average Bonchev–Trinajstić information content (AvgIpc) is 2.53. The van der Waals surface area contributed by atoms with Crippen molar-refractivity contribution in [1.29, 1.82) is 0 Å². The molecule has 0 saturated carbocycles. The number of allylic oxidation sites excluding steroid dienone is 1. The normalized spacial score (nSPS) is 11.1. The first kappa shape index (κ1) is 19.1. The van der Waals surface area contributed by atoms with Gasteiger partial charge in [-0.3, -0.25) is 4.79 Å². The second kappa shape index (κ2) is 11.6. The Balaban J connectivity index is 2.15. The third kappa shape index (κ3) is 8.97. The van der Waals surface area contributed by atoms with Crippen LogP contribution in [0.2, 0.25) is 0 Å². The van der Waals surface area contributed by atoms with E-state index < -0.39 is 5.97 Å². The number of rotatable bonds is 11. The maximum absolute atomic E-state index is 11.7. The Bertz CT molecular complexity index is 503. The lowest BCUT2D eigenvalue weighted by Crippen LogP contribution is -2.05. The highest BCUT2D eigenvalue weighted by Gasteiger charge is 2.05. The lowest BCUT2D eigenvalue weighted by molar-refractivity contribution is -0.129. The number of hydrogen-bond donors (Lipinski definition) is 0. The van der Waals surface area contributed by atoms with E-state index in [0.29, 0.717) is 17.6 Å². The summed E-state index contributed by atoms with van der Waals surface area (Å²) in [6, 6.07) is 6.71. The largest absolute Gasteiger partial charge is 0.423 e. The minimum atomic E-state index is -0.434. The van der Waals surface area contributed by atoms with Crippen LogP contribution < -0.4 is 4.74 Å². The molecule has 0 spiro atoms. The fourth-order valence-corrected chi connectivity index (χ4v) is 2.34. The maximum Gasteiger partial charge on any atom is 0.335 e. The van der Waals surface area contributed by atoms with Gasteiger partial charge in [0.15, 0.2) is 6.29 Å². The van der Waals surface area contributed by atoms with Gasteiger partial charge >= 0.3 is 5.97 Å². The molecule has 0 saturated heterocycles. The Hall–Kier alpha value is -1.90. The van der Waals surface area contributed by atoms with Crippen LogP contribution in [0.5, 0.6) is 5.75 Å². The van der Waals surface area contributed by atoms with E-state index in [1.54, 1.807) is 24.3 Å². The van der Waals surface area contributed by atoms with Crippen molar-refractivity contribution in [3.05, 3.63) is 42.0 Å². The Morgan fingerprint density at radius 2 is 1.78 bits per heavy atom. The molecular weight excluding hydrogens is 288 g/mol. The molecule has 0 fully saturated rings. The maximum atomic E-state index is 11.7. The number of para-hydroxylation sites is 1. The van der Waals surface area contributed by atoms with Crippen molar-refractivity contribution in [1.82, 2.24) is 0 Å². The van der Waals surface area contributed by atoms with Crippen LogP contribution in [0.15, 0.2) is 36.4 Å². The topological polar surface area (TPSA) is 43.4 Å². The van der Waals surface area contributed by atoms with Gasteiger partial charge in [-0.1, -0.05) is 64.2 Å². The summed E-state index contributed by atoms with van der Waals surface area (Å²) in [5.41, 5.74) is 0.385. The lowest BCUT2D eigenvalue weighted by atomic mass is 10.0. The molecule has 0 N–H and O–H groups in total. The predicted octanol–water partition coefficient (Wildman–Crippen LogP) is 5.35. The Morgan fingerprint density at radius 3 is 2.52 bits per heavy atom. The minimum absolute atomic E-state index is 0.308. The SMILES string of the molecule is CC(C)CCCCCCC/C=C/C(=O)Oc1ccccc1C=O. The molecule has 0 atom stereocenters. The molecule has 0 aromatic heterocycles.